The number of carbonyl (C=O) groups is 4. The van der Waals surface area contributed by atoms with Crippen LogP contribution in [0.15, 0.2) is 0 Å². The third-order valence-electron chi connectivity index (χ3n) is 5.92. The van der Waals surface area contributed by atoms with E-state index in [4.69, 9.17) is 0 Å². The number of aliphatic carboxylic acids is 1. The molecular weight excluding hydrogens is 350 g/mol. The second-order valence-corrected chi connectivity index (χ2v) is 9.30. The Balaban J connectivity index is 1.77. The van der Waals surface area contributed by atoms with Crippen LogP contribution in [0.1, 0.15) is 59.8 Å². The Hall–Kier alpha value is -2.12. The molecule has 3 unspecified atom stereocenters. The van der Waals surface area contributed by atoms with Gasteiger partial charge in [0.1, 0.15) is 18.1 Å². The first-order chi connectivity index (χ1) is 12.5. The first-order valence-corrected chi connectivity index (χ1v) is 9.64. The summed E-state index contributed by atoms with van der Waals surface area (Å²) in [6, 6.07) is -1.66. The van der Waals surface area contributed by atoms with Crippen LogP contribution in [0.5, 0.6) is 0 Å². The third kappa shape index (κ3) is 3.66. The Bertz CT molecular complexity index is 687. The number of nitrogens with zero attached hydrogens (tertiary/aromatic N) is 2. The maximum atomic E-state index is 13.1. The standard InChI is InChI=1S/C19H29N3O5/c1-11-7-18(3,4)10-19(8-11)16(26)21(17(27)20-19)9-14(23)22(13-5-6-13)12(2)15(24)25/h11-13H,5-10H2,1-4H3,(H,20,27)(H,24,25). The lowest BCUT2D eigenvalue weighted by molar-refractivity contribution is -0.151. The molecule has 8 heteroatoms. The molecule has 1 saturated heterocycles. The minimum atomic E-state index is -1.09. The first kappa shape index (κ1) is 19.6. The molecule has 4 amide bonds. The predicted octanol–water partition coefficient (Wildman–Crippen LogP) is 1.59. The highest BCUT2D eigenvalue weighted by Gasteiger charge is 2.56. The van der Waals surface area contributed by atoms with E-state index in [1.54, 1.807) is 0 Å². The van der Waals surface area contributed by atoms with Crippen molar-refractivity contribution in [3.8, 4) is 0 Å². The molecule has 3 fully saturated rings. The predicted molar refractivity (Wildman–Crippen MR) is 96.7 cm³/mol. The Kier molecular flexibility index (Phi) is 4.72. The van der Waals surface area contributed by atoms with E-state index in [0.717, 1.165) is 24.2 Å². The SMILES string of the molecule is CC1CC(C)(C)CC2(C1)NC(=O)N(CC(=O)N(C1CC1)C(C)C(=O)O)C2=O. The van der Waals surface area contributed by atoms with Crippen molar-refractivity contribution < 1.29 is 24.3 Å². The molecular formula is C19H29N3O5. The van der Waals surface area contributed by atoms with Crippen LogP contribution in [0, 0.1) is 11.3 Å². The Morgan fingerprint density at radius 2 is 1.93 bits per heavy atom. The normalized spacial score (nSPS) is 31.0. The van der Waals surface area contributed by atoms with Crippen molar-refractivity contribution in [2.75, 3.05) is 6.54 Å². The van der Waals surface area contributed by atoms with Crippen LogP contribution in [0.25, 0.3) is 0 Å². The number of hydrogen-bond donors (Lipinski definition) is 2. The lowest BCUT2D eigenvalue weighted by Gasteiger charge is -2.43. The summed E-state index contributed by atoms with van der Waals surface area (Å²) in [5.41, 5.74) is -1.04. The second-order valence-electron chi connectivity index (χ2n) is 9.30. The van der Waals surface area contributed by atoms with E-state index in [-0.39, 0.29) is 23.3 Å². The summed E-state index contributed by atoms with van der Waals surface area (Å²) in [7, 11) is 0. The topological polar surface area (TPSA) is 107 Å². The van der Waals surface area contributed by atoms with Gasteiger partial charge in [-0.3, -0.25) is 14.5 Å². The highest BCUT2D eigenvalue weighted by atomic mass is 16.4. The first-order valence-electron chi connectivity index (χ1n) is 9.64. The van der Waals surface area contributed by atoms with E-state index < -0.39 is 36.0 Å². The summed E-state index contributed by atoms with van der Waals surface area (Å²) in [6.07, 6.45) is 3.57. The largest absolute Gasteiger partial charge is 0.480 e. The van der Waals surface area contributed by atoms with E-state index in [1.807, 2.05) is 0 Å². The molecule has 1 spiro atoms. The van der Waals surface area contributed by atoms with Crippen molar-refractivity contribution in [3.05, 3.63) is 0 Å². The number of amides is 4. The Morgan fingerprint density at radius 1 is 1.30 bits per heavy atom. The lowest BCUT2D eigenvalue weighted by Crippen LogP contribution is -2.54. The molecule has 0 radical (unpaired) electrons. The second kappa shape index (κ2) is 6.49. The number of carboxylic acid groups (broad SMARTS) is 1. The molecule has 0 bridgehead atoms. The number of rotatable bonds is 5. The van der Waals surface area contributed by atoms with Gasteiger partial charge in [-0.1, -0.05) is 20.8 Å². The average molecular weight is 379 g/mol. The van der Waals surface area contributed by atoms with Gasteiger partial charge in [-0.15, -0.1) is 0 Å². The van der Waals surface area contributed by atoms with Gasteiger partial charge in [0.15, 0.2) is 0 Å². The zero-order chi connectivity index (χ0) is 20.1. The van der Waals surface area contributed by atoms with Crippen LogP contribution in [0.3, 0.4) is 0 Å². The molecule has 0 aromatic carbocycles. The van der Waals surface area contributed by atoms with Crippen molar-refractivity contribution in [1.82, 2.24) is 15.1 Å². The van der Waals surface area contributed by atoms with Crippen LogP contribution in [0.4, 0.5) is 4.79 Å². The quantitative estimate of drug-likeness (QED) is 0.706. The van der Waals surface area contributed by atoms with Crippen LogP contribution in [-0.4, -0.2) is 62.9 Å². The third-order valence-corrected chi connectivity index (χ3v) is 5.92. The number of carbonyl (C=O) groups excluding carboxylic acids is 3. The van der Waals surface area contributed by atoms with Gasteiger partial charge in [0.25, 0.3) is 5.91 Å². The summed E-state index contributed by atoms with van der Waals surface area (Å²) in [5, 5.41) is 12.1. The molecule has 8 nitrogen and oxygen atoms in total. The number of hydrogen-bond acceptors (Lipinski definition) is 4. The van der Waals surface area contributed by atoms with Gasteiger partial charge < -0.3 is 15.3 Å². The monoisotopic (exact) mass is 379 g/mol. The zero-order valence-electron chi connectivity index (χ0n) is 16.4. The van der Waals surface area contributed by atoms with Crippen molar-refractivity contribution >= 4 is 23.8 Å². The number of urea groups is 1. The van der Waals surface area contributed by atoms with Gasteiger partial charge in [-0.25, -0.2) is 9.59 Å². The van der Waals surface area contributed by atoms with Crippen LogP contribution >= 0.6 is 0 Å². The molecule has 1 aliphatic heterocycles. The molecule has 3 aliphatic rings. The molecule has 2 aliphatic carbocycles. The van der Waals surface area contributed by atoms with Crippen LogP contribution in [-0.2, 0) is 14.4 Å². The maximum absolute atomic E-state index is 13.1. The zero-order valence-corrected chi connectivity index (χ0v) is 16.4. The summed E-state index contributed by atoms with van der Waals surface area (Å²) < 4.78 is 0. The van der Waals surface area contributed by atoms with Crippen LogP contribution < -0.4 is 5.32 Å². The van der Waals surface area contributed by atoms with Crippen LogP contribution in [0.2, 0.25) is 0 Å². The average Bonchev–Trinajstić information content (AvgIpc) is 3.31. The fourth-order valence-corrected chi connectivity index (χ4v) is 5.07. The summed E-state index contributed by atoms with van der Waals surface area (Å²) in [6.45, 7) is 7.29. The summed E-state index contributed by atoms with van der Waals surface area (Å²) in [4.78, 5) is 52.0. The maximum Gasteiger partial charge on any atom is 0.326 e. The van der Waals surface area contributed by atoms with Gasteiger partial charge in [0.05, 0.1) is 0 Å². The fraction of sp³-hybridized carbons (Fsp3) is 0.789. The highest BCUT2D eigenvalue weighted by molar-refractivity contribution is 6.09. The van der Waals surface area contributed by atoms with Gasteiger partial charge in [-0.05, 0) is 50.4 Å². The van der Waals surface area contributed by atoms with E-state index in [0.29, 0.717) is 12.8 Å². The van der Waals surface area contributed by atoms with Gasteiger partial charge in [0.2, 0.25) is 5.91 Å². The van der Waals surface area contributed by atoms with Gasteiger partial charge in [-0.2, -0.15) is 0 Å². The lowest BCUT2D eigenvalue weighted by atomic mass is 9.64. The van der Waals surface area contributed by atoms with Gasteiger partial charge in [0, 0.05) is 6.04 Å². The molecule has 1 heterocycles. The van der Waals surface area contributed by atoms with Gasteiger partial charge >= 0.3 is 12.0 Å². The molecule has 2 saturated carbocycles. The highest BCUT2D eigenvalue weighted by Crippen LogP contribution is 2.46. The van der Waals surface area contributed by atoms with E-state index >= 15 is 0 Å². The van der Waals surface area contributed by atoms with E-state index in [1.165, 1.54) is 11.8 Å². The molecule has 0 aromatic rings. The van der Waals surface area contributed by atoms with Crippen molar-refractivity contribution in [3.63, 3.8) is 0 Å². The number of carboxylic acids is 1. The van der Waals surface area contributed by atoms with Crippen molar-refractivity contribution in [2.45, 2.75) is 77.4 Å². The summed E-state index contributed by atoms with van der Waals surface area (Å²) in [5.74, 6) is -1.66. The molecule has 0 aromatic heterocycles. The Labute approximate surface area is 159 Å². The number of nitrogens with one attached hydrogen (secondary N) is 1. The fourth-order valence-electron chi connectivity index (χ4n) is 5.07. The number of imide groups is 1. The van der Waals surface area contributed by atoms with Crippen molar-refractivity contribution in [1.29, 1.82) is 0 Å². The Morgan fingerprint density at radius 3 is 2.44 bits per heavy atom. The smallest absolute Gasteiger partial charge is 0.326 e. The molecule has 3 rings (SSSR count). The van der Waals surface area contributed by atoms with Crippen molar-refractivity contribution in [2.24, 2.45) is 11.3 Å². The molecule has 27 heavy (non-hydrogen) atoms. The molecule has 150 valence electrons. The molecule has 2 N–H and O–H groups in total. The minimum Gasteiger partial charge on any atom is -0.480 e. The molecule has 3 atom stereocenters. The minimum absolute atomic E-state index is 0.0848. The summed E-state index contributed by atoms with van der Waals surface area (Å²) >= 11 is 0. The van der Waals surface area contributed by atoms with E-state index in [9.17, 15) is 24.3 Å². The van der Waals surface area contributed by atoms with E-state index in [2.05, 4.69) is 26.1 Å².